The van der Waals surface area contributed by atoms with E-state index in [2.05, 4.69) is 26.0 Å². The summed E-state index contributed by atoms with van der Waals surface area (Å²) in [5, 5.41) is 31.0. The van der Waals surface area contributed by atoms with Crippen LogP contribution in [0.4, 0.5) is 0 Å². The monoisotopic (exact) mass is 947 g/mol. The molecule has 1 rings (SSSR count). The molecule has 13 heteroatoms. The number of allylic oxidation sites excluding steroid dienone is 2. The van der Waals surface area contributed by atoms with Gasteiger partial charge in [0, 0.05) is 12.8 Å². The lowest BCUT2D eigenvalue weighted by molar-refractivity contribution is -0.297. The fourth-order valence-corrected chi connectivity index (χ4v) is 9.13. The Bertz CT molecular complexity index is 1250. The Morgan fingerprint density at radius 3 is 1.31 bits per heavy atom. The van der Waals surface area contributed by atoms with Crippen LogP contribution in [0.15, 0.2) is 12.2 Å². The summed E-state index contributed by atoms with van der Waals surface area (Å²) in [6.45, 7) is 3.79. The van der Waals surface area contributed by atoms with Gasteiger partial charge in [-0.15, -0.1) is 0 Å². The van der Waals surface area contributed by atoms with Crippen LogP contribution in [-0.2, 0) is 38.7 Å². The van der Waals surface area contributed by atoms with Crippen LogP contribution >= 0.6 is 0 Å². The average Bonchev–Trinajstić information content (AvgIpc) is 3.27. The zero-order chi connectivity index (χ0) is 47.6. The van der Waals surface area contributed by atoms with E-state index in [4.69, 9.17) is 18.9 Å². The number of aliphatic hydroxyl groups excluding tert-OH is 3. The second-order valence-electron chi connectivity index (χ2n) is 18.9. The predicted molar refractivity (Wildman–Crippen MR) is 261 cm³/mol. The molecule has 1 heterocycles. The van der Waals surface area contributed by atoms with E-state index in [1.165, 1.54) is 173 Å². The van der Waals surface area contributed by atoms with Gasteiger partial charge in [-0.25, -0.2) is 0 Å². The van der Waals surface area contributed by atoms with Crippen LogP contribution in [0.3, 0.4) is 0 Å². The maximum atomic E-state index is 12.9. The van der Waals surface area contributed by atoms with E-state index >= 15 is 0 Å². The molecule has 0 aromatic rings. The number of carbonyl (C=O) groups is 2. The summed E-state index contributed by atoms with van der Waals surface area (Å²) in [6.07, 6.45) is 38.3. The molecular weight excluding hydrogens is 849 g/mol. The van der Waals surface area contributed by atoms with E-state index in [1.807, 2.05) is 0 Å². The highest BCUT2D eigenvalue weighted by molar-refractivity contribution is 7.85. The minimum Gasteiger partial charge on any atom is -0.462 e. The number of esters is 2. The molecule has 6 atom stereocenters. The summed E-state index contributed by atoms with van der Waals surface area (Å²) in [5.41, 5.74) is 0. The van der Waals surface area contributed by atoms with E-state index in [0.29, 0.717) is 12.8 Å². The highest BCUT2D eigenvalue weighted by Crippen LogP contribution is 2.24. The first kappa shape index (κ1) is 61.4. The van der Waals surface area contributed by atoms with Gasteiger partial charge < -0.3 is 34.3 Å². The molecule has 12 nitrogen and oxygen atoms in total. The molecule has 384 valence electrons. The van der Waals surface area contributed by atoms with Crippen molar-refractivity contribution in [2.75, 3.05) is 19.0 Å². The van der Waals surface area contributed by atoms with Crippen molar-refractivity contribution in [2.45, 2.75) is 288 Å². The van der Waals surface area contributed by atoms with E-state index in [-0.39, 0.29) is 19.4 Å². The summed E-state index contributed by atoms with van der Waals surface area (Å²) in [7, 11) is -4.60. The summed E-state index contributed by atoms with van der Waals surface area (Å²) >= 11 is 0. The molecule has 0 aromatic heterocycles. The molecule has 1 saturated heterocycles. The highest BCUT2D eigenvalue weighted by atomic mass is 32.2. The normalized spacial score (nSPS) is 19.5. The van der Waals surface area contributed by atoms with E-state index in [1.54, 1.807) is 0 Å². The Morgan fingerprint density at radius 2 is 0.877 bits per heavy atom. The summed E-state index contributed by atoms with van der Waals surface area (Å²) < 4.78 is 54.2. The van der Waals surface area contributed by atoms with Crippen LogP contribution in [0, 0.1) is 0 Å². The molecule has 1 fully saturated rings. The SMILES string of the molecule is CCCCCCCCCCC/C=C/CCCCC(=O)OC[C@H](CO[C@H]1O[C@H](CS(=O)(=O)O)[C@@H](O)C(O)C1O)OC(=O)CCCCCCCCCCCCCCCCCCCCCCCC. The van der Waals surface area contributed by atoms with Gasteiger partial charge in [-0.1, -0.05) is 212 Å². The summed E-state index contributed by atoms with van der Waals surface area (Å²) in [5.74, 6) is -1.99. The van der Waals surface area contributed by atoms with E-state index < -0.39 is 71.2 Å². The first-order valence-electron chi connectivity index (χ1n) is 26.7. The average molecular weight is 947 g/mol. The van der Waals surface area contributed by atoms with Crippen LogP contribution < -0.4 is 0 Å². The van der Waals surface area contributed by atoms with Gasteiger partial charge in [0.1, 0.15) is 36.8 Å². The Kier molecular flexibility index (Phi) is 40.1. The highest BCUT2D eigenvalue weighted by Gasteiger charge is 2.46. The molecule has 65 heavy (non-hydrogen) atoms. The number of hydrogen-bond donors (Lipinski definition) is 4. The Hall–Kier alpha value is -1.61. The number of ether oxygens (including phenoxy) is 4. The molecular formula is C52H98O12S. The molecule has 0 bridgehead atoms. The standard InChI is InChI=1S/C52H98O12S/c1-3-5-7-9-11-13-15-17-19-20-21-22-23-24-25-27-29-31-33-35-37-39-41-48(54)63-45(43-62-52-51(57)50(56)49(55)46(64-52)44-65(58,59)60)42-61-47(53)40-38-36-34-32-30-28-26-18-16-14-12-10-8-6-4-2/h30,32,45-46,49-52,55-57H,3-29,31,33-44H2,1-2H3,(H,58,59,60)/b32-30+/t45-,46-,49-,50?,51?,52+/m1/s1. The molecule has 0 aromatic carbocycles. The number of unbranched alkanes of at least 4 members (excludes halogenated alkanes) is 32. The zero-order valence-corrected chi connectivity index (χ0v) is 42.2. The van der Waals surface area contributed by atoms with E-state index in [9.17, 15) is 37.9 Å². The van der Waals surface area contributed by atoms with Gasteiger partial charge in [0.25, 0.3) is 10.1 Å². The third-order valence-electron chi connectivity index (χ3n) is 12.6. The van der Waals surface area contributed by atoms with Crippen molar-refractivity contribution in [3.05, 3.63) is 12.2 Å². The van der Waals surface area contributed by atoms with Crippen molar-refractivity contribution in [3.63, 3.8) is 0 Å². The quantitative estimate of drug-likeness (QED) is 0.0196. The molecule has 2 unspecified atom stereocenters. The van der Waals surface area contributed by atoms with Gasteiger partial charge in [-0.05, 0) is 38.5 Å². The Balaban J connectivity index is 2.34. The van der Waals surface area contributed by atoms with Gasteiger partial charge >= 0.3 is 11.9 Å². The first-order valence-corrected chi connectivity index (χ1v) is 28.4. The molecule has 4 N–H and O–H groups in total. The summed E-state index contributed by atoms with van der Waals surface area (Å²) in [4.78, 5) is 25.5. The lowest BCUT2D eigenvalue weighted by Gasteiger charge is -2.40. The van der Waals surface area contributed by atoms with Gasteiger partial charge in [-0.2, -0.15) is 8.42 Å². The zero-order valence-electron chi connectivity index (χ0n) is 41.4. The minimum atomic E-state index is -4.60. The smallest absolute Gasteiger partial charge is 0.306 e. The maximum absolute atomic E-state index is 12.9. The van der Waals surface area contributed by atoms with Crippen molar-refractivity contribution in [1.29, 1.82) is 0 Å². The lowest BCUT2D eigenvalue weighted by atomic mass is 10.00. The fourth-order valence-electron chi connectivity index (χ4n) is 8.44. The molecule has 1 aliphatic heterocycles. The fraction of sp³-hybridized carbons (Fsp3) is 0.923. The summed E-state index contributed by atoms with van der Waals surface area (Å²) in [6, 6.07) is 0. The lowest BCUT2D eigenvalue weighted by Crippen LogP contribution is -2.60. The molecule has 0 spiro atoms. The van der Waals surface area contributed by atoms with Crippen LogP contribution in [0.5, 0.6) is 0 Å². The number of aliphatic hydroxyl groups is 3. The van der Waals surface area contributed by atoms with Crippen LogP contribution in [-0.4, -0.2) is 96.0 Å². The first-order chi connectivity index (χ1) is 31.5. The third kappa shape index (κ3) is 37.0. The van der Waals surface area contributed by atoms with Gasteiger partial charge in [0.15, 0.2) is 12.4 Å². The predicted octanol–water partition coefficient (Wildman–Crippen LogP) is 12.2. The van der Waals surface area contributed by atoms with Crippen LogP contribution in [0.25, 0.3) is 0 Å². The van der Waals surface area contributed by atoms with Gasteiger partial charge in [-0.3, -0.25) is 14.1 Å². The van der Waals surface area contributed by atoms with Crippen molar-refractivity contribution in [3.8, 4) is 0 Å². The molecule has 0 saturated carbocycles. The second-order valence-corrected chi connectivity index (χ2v) is 20.4. The molecule has 0 radical (unpaired) electrons. The number of hydrogen-bond acceptors (Lipinski definition) is 11. The van der Waals surface area contributed by atoms with Crippen LogP contribution in [0.1, 0.15) is 251 Å². The Labute approximate surface area is 396 Å². The maximum Gasteiger partial charge on any atom is 0.306 e. The minimum absolute atomic E-state index is 0.167. The van der Waals surface area contributed by atoms with Gasteiger partial charge in [0.05, 0.1) is 6.61 Å². The largest absolute Gasteiger partial charge is 0.462 e. The third-order valence-corrected chi connectivity index (χ3v) is 13.3. The van der Waals surface area contributed by atoms with Crippen LogP contribution in [0.2, 0.25) is 0 Å². The number of rotatable bonds is 46. The van der Waals surface area contributed by atoms with Gasteiger partial charge in [0.2, 0.25) is 0 Å². The van der Waals surface area contributed by atoms with E-state index in [0.717, 1.165) is 38.5 Å². The van der Waals surface area contributed by atoms with Crippen molar-refractivity contribution in [1.82, 2.24) is 0 Å². The molecule has 0 aliphatic carbocycles. The molecule has 1 aliphatic rings. The van der Waals surface area contributed by atoms with Crippen molar-refractivity contribution >= 4 is 22.1 Å². The van der Waals surface area contributed by atoms with Crippen molar-refractivity contribution < 1.29 is 56.8 Å². The van der Waals surface area contributed by atoms with Crippen molar-refractivity contribution in [2.24, 2.45) is 0 Å². The number of carbonyl (C=O) groups excluding carboxylic acids is 2. The Morgan fingerprint density at radius 1 is 0.508 bits per heavy atom. The second kappa shape index (κ2) is 42.5. The molecule has 0 amide bonds. The topological polar surface area (TPSA) is 186 Å².